The molecule has 3 rings (SSSR count). The predicted octanol–water partition coefficient (Wildman–Crippen LogP) is 3.88. The van der Waals surface area contributed by atoms with Crippen LogP contribution in [0.4, 0.5) is 0 Å². The smallest absolute Gasteiger partial charge is 0.229 e. The second kappa shape index (κ2) is 9.90. The minimum Gasteiger partial charge on any atom is -0.504 e. The van der Waals surface area contributed by atoms with Gasteiger partial charge in [-0.1, -0.05) is 31.6 Å². The number of hydrogen-bond donors (Lipinski definition) is 4. The van der Waals surface area contributed by atoms with E-state index in [1.807, 2.05) is 6.92 Å². The summed E-state index contributed by atoms with van der Waals surface area (Å²) in [5.74, 6) is 1.44. The Morgan fingerprint density at radius 2 is 1.94 bits per heavy atom. The van der Waals surface area contributed by atoms with Crippen molar-refractivity contribution in [3.05, 3.63) is 34.4 Å². The second-order valence-corrected chi connectivity index (χ2v) is 9.66. The fourth-order valence-corrected chi connectivity index (χ4v) is 4.95. The first kappa shape index (κ1) is 24.1. The molecule has 2 aliphatic rings. The minimum absolute atomic E-state index is 0.0973. The van der Waals surface area contributed by atoms with Crippen LogP contribution in [0.15, 0.2) is 17.7 Å². The highest BCUT2D eigenvalue weighted by molar-refractivity contribution is 5.57. The molecule has 4 N–H and O–H groups in total. The highest BCUT2D eigenvalue weighted by atomic mass is 16.7. The van der Waals surface area contributed by atoms with Crippen molar-refractivity contribution in [3.63, 3.8) is 0 Å². The molecular formula is C25H38O6. The lowest BCUT2D eigenvalue weighted by Crippen LogP contribution is -2.54. The average molecular weight is 435 g/mol. The number of benzene rings is 1. The van der Waals surface area contributed by atoms with Crippen molar-refractivity contribution < 1.29 is 29.9 Å². The maximum atomic E-state index is 11.2. The van der Waals surface area contributed by atoms with Crippen LogP contribution < -0.4 is 4.74 Å². The lowest BCUT2D eigenvalue weighted by atomic mass is 9.70. The largest absolute Gasteiger partial charge is 0.504 e. The number of aliphatic hydroxyl groups is 3. The molecule has 1 aliphatic carbocycles. The van der Waals surface area contributed by atoms with Crippen molar-refractivity contribution in [1.29, 1.82) is 0 Å². The molecule has 174 valence electrons. The van der Waals surface area contributed by atoms with Crippen LogP contribution in [0.25, 0.3) is 0 Å². The van der Waals surface area contributed by atoms with Crippen molar-refractivity contribution in [2.75, 3.05) is 6.61 Å². The van der Waals surface area contributed by atoms with Crippen molar-refractivity contribution in [2.45, 2.75) is 96.7 Å². The molecule has 0 unspecified atom stereocenters. The van der Waals surface area contributed by atoms with Crippen molar-refractivity contribution in [3.8, 4) is 11.5 Å². The number of aromatic hydroxyl groups is 1. The molecule has 0 saturated carbocycles. The molecule has 1 heterocycles. The minimum atomic E-state index is -1.40. The van der Waals surface area contributed by atoms with Gasteiger partial charge in [0, 0.05) is 5.56 Å². The van der Waals surface area contributed by atoms with Gasteiger partial charge in [-0.05, 0) is 75.3 Å². The molecule has 0 aromatic heterocycles. The van der Waals surface area contributed by atoms with E-state index in [2.05, 4.69) is 39.8 Å². The fourth-order valence-electron chi connectivity index (χ4n) is 4.95. The van der Waals surface area contributed by atoms with E-state index < -0.39 is 24.6 Å². The number of phenolic OH excluding ortho intramolecular Hbond substituents is 1. The van der Waals surface area contributed by atoms with E-state index in [4.69, 9.17) is 9.47 Å². The van der Waals surface area contributed by atoms with Gasteiger partial charge in [0.2, 0.25) is 6.29 Å². The van der Waals surface area contributed by atoms with Gasteiger partial charge in [0.25, 0.3) is 0 Å². The van der Waals surface area contributed by atoms with Gasteiger partial charge < -0.3 is 29.9 Å². The van der Waals surface area contributed by atoms with E-state index in [9.17, 15) is 20.4 Å². The summed E-state index contributed by atoms with van der Waals surface area (Å²) in [6.07, 6.45) is 1.45. The van der Waals surface area contributed by atoms with Gasteiger partial charge in [-0.3, -0.25) is 0 Å². The lowest BCUT2D eigenvalue weighted by molar-refractivity contribution is -0.242. The molecule has 0 spiro atoms. The van der Waals surface area contributed by atoms with Crippen LogP contribution in [-0.2, 0) is 4.74 Å². The van der Waals surface area contributed by atoms with Gasteiger partial charge >= 0.3 is 0 Å². The molecule has 1 fully saturated rings. The molecule has 1 aromatic rings. The Bertz CT molecular complexity index is 800. The number of phenols is 1. The Hall–Kier alpha value is -1.60. The molecule has 7 atom stereocenters. The van der Waals surface area contributed by atoms with Crippen LogP contribution in [0.2, 0.25) is 0 Å². The van der Waals surface area contributed by atoms with Crippen molar-refractivity contribution in [1.82, 2.24) is 0 Å². The average Bonchev–Trinajstić information content (AvgIpc) is 2.70. The van der Waals surface area contributed by atoms with Gasteiger partial charge in [-0.15, -0.1) is 0 Å². The van der Waals surface area contributed by atoms with Crippen LogP contribution >= 0.6 is 0 Å². The second-order valence-electron chi connectivity index (χ2n) is 9.66. The highest BCUT2D eigenvalue weighted by Gasteiger charge is 2.40. The standard InChI is InChI=1S/C25H38O6/c1-13(2)7-6-8-14(3)17-10-9-15(4)20-18(17)11-16(5)24(22(20)28)31-25-23(29)21(27)19(26)12-30-25/h7,11,14-15,17,19,21,23,25-29H,6,8-10,12H2,1-5H3/t14-,15-,17+,19-,21-,23+,25+/m0/s1. The molecular weight excluding hydrogens is 396 g/mol. The van der Waals surface area contributed by atoms with Crippen LogP contribution in [0.5, 0.6) is 11.5 Å². The summed E-state index contributed by atoms with van der Waals surface area (Å²) in [7, 11) is 0. The zero-order valence-corrected chi connectivity index (χ0v) is 19.3. The topological polar surface area (TPSA) is 99.4 Å². The van der Waals surface area contributed by atoms with Gasteiger partial charge in [-0.25, -0.2) is 0 Å². The molecule has 0 bridgehead atoms. The number of hydrogen-bond acceptors (Lipinski definition) is 6. The highest BCUT2D eigenvalue weighted by Crippen LogP contribution is 2.51. The summed E-state index contributed by atoms with van der Waals surface area (Å²) in [6.45, 7) is 10.4. The number of ether oxygens (including phenoxy) is 2. The van der Waals surface area contributed by atoms with Crippen LogP contribution in [0.1, 0.15) is 81.9 Å². The molecule has 1 aromatic carbocycles. The SMILES string of the molecule is CC(C)=CCC[C@H](C)[C@H]1CC[C@H](C)c2c1cc(C)c(O[C@H]1OC[C@H](O)[C@H](O)[C@H]1O)c2O. The Labute approximate surface area is 185 Å². The number of allylic oxidation sites excluding steroid dienone is 2. The van der Waals surface area contributed by atoms with E-state index in [0.29, 0.717) is 11.8 Å². The maximum absolute atomic E-state index is 11.2. The van der Waals surface area contributed by atoms with E-state index in [1.54, 1.807) is 0 Å². The Morgan fingerprint density at radius 3 is 2.61 bits per heavy atom. The van der Waals surface area contributed by atoms with Crippen molar-refractivity contribution in [2.24, 2.45) is 5.92 Å². The van der Waals surface area contributed by atoms with Crippen molar-refractivity contribution >= 4 is 0 Å². The van der Waals surface area contributed by atoms with Crippen LogP contribution in [0.3, 0.4) is 0 Å². The van der Waals surface area contributed by atoms with E-state index in [1.165, 1.54) is 11.1 Å². The fraction of sp³-hybridized carbons (Fsp3) is 0.680. The Balaban J connectivity index is 1.87. The van der Waals surface area contributed by atoms with Gasteiger partial charge in [0.1, 0.15) is 18.3 Å². The van der Waals surface area contributed by atoms with Gasteiger partial charge in [0.05, 0.1) is 6.61 Å². The number of aryl methyl sites for hydroxylation is 1. The molecule has 6 nitrogen and oxygen atoms in total. The third-order valence-electron chi connectivity index (χ3n) is 6.86. The Morgan fingerprint density at radius 1 is 1.23 bits per heavy atom. The molecule has 1 aliphatic heterocycles. The summed E-state index contributed by atoms with van der Waals surface area (Å²) in [4.78, 5) is 0. The molecule has 31 heavy (non-hydrogen) atoms. The third-order valence-corrected chi connectivity index (χ3v) is 6.86. The van der Waals surface area contributed by atoms with Gasteiger partial charge in [-0.2, -0.15) is 0 Å². The quantitative estimate of drug-likeness (QED) is 0.507. The van der Waals surface area contributed by atoms with Crippen LogP contribution in [-0.4, -0.2) is 51.6 Å². The Kier molecular flexibility index (Phi) is 7.68. The summed E-state index contributed by atoms with van der Waals surface area (Å²) < 4.78 is 11.2. The molecule has 0 amide bonds. The van der Waals surface area contributed by atoms with E-state index >= 15 is 0 Å². The lowest BCUT2D eigenvalue weighted by Gasteiger charge is -2.37. The first-order chi connectivity index (χ1) is 14.6. The molecule has 1 saturated heterocycles. The zero-order chi connectivity index (χ0) is 22.9. The third kappa shape index (κ3) is 5.08. The van der Waals surface area contributed by atoms with Crippen LogP contribution in [0, 0.1) is 12.8 Å². The first-order valence-electron chi connectivity index (χ1n) is 11.4. The number of fused-ring (bicyclic) bond motifs is 1. The summed E-state index contributed by atoms with van der Waals surface area (Å²) >= 11 is 0. The predicted molar refractivity (Wildman–Crippen MR) is 119 cm³/mol. The summed E-state index contributed by atoms with van der Waals surface area (Å²) in [5, 5.41) is 41.0. The first-order valence-corrected chi connectivity index (χ1v) is 11.4. The zero-order valence-electron chi connectivity index (χ0n) is 19.3. The van der Waals surface area contributed by atoms with Gasteiger partial charge in [0.15, 0.2) is 11.5 Å². The summed E-state index contributed by atoms with van der Waals surface area (Å²) in [6, 6.07) is 2.10. The van der Waals surface area contributed by atoms with E-state index in [0.717, 1.165) is 36.8 Å². The molecule has 6 heteroatoms. The monoisotopic (exact) mass is 434 g/mol. The number of aliphatic hydroxyl groups excluding tert-OH is 3. The van der Waals surface area contributed by atoms with E-state index in [-0.39, 0.29) is 24.0 Å². The summed E-state index contributed by atoms with van der Waals surface area (Å²) in [5.41, 5.74) is 4.20. The molecule has 0 radical (unpaired) electrons. The normalized spacial score (nSPS) is 31.6. The maximum Gasteiger partial charge on any atom is 0.229 e. The number of rotatable bonds is 6.